The quantitative estimate of drug-likeness (QED) is 0.308. The lowest BCUT2D eigenvalue weighted by molar-refractivity contribution is -0.145. The van der Waals surface area contributed by atoms with Gasteiger partial charge in [-0.2, -0.15) is 0 Å². The number of aliphatic carboxylic acids is 2. The largest absolute Gasteiger partial charge is 0.481 e. The molecule has 0 heterocycles. The van der Waals surface area contributed by atoms with Crippen molar-refractivity contribution in [3.8, 4) is 0 Å². The Morgan fingerprint density at radius 2 is 2.09 bits per heavy atom. The van der Waals surface area contributed by atoms with Crippen LogP contribution < -0.4 is 5.32 Å². The molecule has 11 heavy (non-hydrogen) atoms. The van der Waals surface area contributed by atoms with E-state index in [1.54, 1.807) is 0 Å². The lowest BCUT2D eigenvalue weighted by atomic mass is 10.2. The van der Waals surface area contributed by atoms with Crippen LogP contribution in [0.2, 0.25) is 0 Å². The first-order valence-corrected chi connectivity index (χ1v) is 2.77. The Morgan fingerprint density at radius 3 is 2.36 bits per heavy atom. The minimum atomic E-state index is -1.28. The molecule has 0 saturated heterocycles. The second-order valence-corrected chi connectivity index (χ2v) is 1.80. The van der Waals surface area contributed by atoms with Crippen LogP contribution in [0.5, 0.6) is 0 Å². The molecule has 4 N–H and O–H groups in total. The molecule has 6 heteroatoms. The summed E-state index contributed by atoms with van der Waals surface area (Å²) in [4.78, 5) is 20.2. The van der Waals surface area contributed by atoms with Crippen molar-refractivity contribution < 1.29 is 19.8 Å². The SMILES string of the molecule is N=CNC(CC(=O)O)C(=O)O. The van der Waals surface area contributed by atoms with Crippen molar-refractivity contribution in [1.29, 1.82) is 5.41 Å². The minimum absolute atomic E-state index is 0.537. The van der Waals surface area contributed by atoms with Gasteiger partial charge in [0.1, 0.15) is 6.04 Å². The average molecular weight is 160 g/mol. The molecule has 0 saturated carbocycles. The van der Waals surface area contributed by atoms with Gasteiger partial charge in [0.05, 0.1) is 12.8 Å². The molecule has 0 rings (SSSR count). The van der Waals surface area contributed by atoms with Gasteiger partial charge in [0.2, 0.25) is 0 Å². The third kappa shape index (κ3) is 3.90. The Bertz CT molecular complexity index is 179. The van der Waals surface area contributed by atoms with Gasteiger partial charge in [0.15, 0.2) is 0 Å². The van der Waals surface area contributed by atoms with Gasteiger partial charge in [-0.15, -0.1) is 0 Å². The number of rotatable bonds is 5. The summed E-state index contributed by atoms with van der Waals surface area (Å²) in [7, 11) is 0. The topological polar surface area (TPSA) is 110 Å². The molecule has 1 unspecified atom stereocenters. The average Bonchev–Trinajstić information content (AvgIpc) is 1.86. The van der Waals surface area contributed by atoms with Gasteiger partial charge in [-0.1, -0.05) is 0 Å². The highest BCUT2D eigenvalue weighted by Crippen LogP contribution is 1.90. The molecule has 0 fully saturated rings. The van der Waals surface area contributed by atoms with Gasteiger partial charge in [0, 0.05) is 0 Å². The van der Waals surface area contributed by atoms with E-state index in [9.17, 15) is 9.59 Å². The van der Waals surface area contributed by atoms with E-state index in [0.717, 1.165) is 0 Å². The molecule has 62 valence electrons. The number of carbonyl (C=O) groups is 2. The van der Waals surface area contributed by atoms with Crippen LogP contribution in [0.15, 0.2) is 0 Å². The Balaban J connectivity index is 3.99. The lowest BCUT2D eigenvalue weighted by Crippen LogP contribution is -2.37. The third-order valence-corrected chi connectivity index (χ3v) is 0.961. The lowest BCUT2D eigenvalue weighted by Gasteiger charge is -2.07. The number of nitrogens with one attached hydrogen (secondary N) is 2. The van der Waals surface area contributed by atoms with Gasteiger partial charge in [-0.25, -0.2) is 4.79 Å². The predicted octanol–water partition coefficient (Wildman–Crippen LogP) is -0.889. The summed E-state index contributed by atoms with van der Waals surface area (Å²) in [6, 6.07) is -1.22. The maximum absolute atomic E-state index is 10.2. The van der Waals surface area contributed by atoms with Crippen LogP contribution in [-0.4, -0.2) is 34.5 Å². The summed E-state index contributed by atoms with van der Waals surface area (Å²) in [6.07, 6.45) is 0.117. The fraction of sp³-hybridized carbons (Fsp3) is 0.400. The first-order valence-electron chi connectivity index (χ1n) is 2.77. The van der Waals surface area contributed by atoms with Crippen LogP contribution >= 0.6 is 0 Å². The Morgan fingerprint density at radius 1 is 1.55 bits per heavy atom. The van der Waals surface area contributed by atoms with Crippen molar-refractivity contribution in [3.63, 3.8) is 0 Å². The maximum atomic E-state index is 10.2. The first kappa shape index (κ1) is 9.41. The predicted molar refractivity (Wildman–Crippen MR) is 35.6 cm³/mol. The van der Waals surface area contributed by atoms with Gasteiger partial charge >= 0.3 is 11.9 Å². The first-order chi connectivity index (χ1) is 5.07. The van der Waals surface area contributed by atoms with Gasteiger partial charge in [0.25, 0.3) is 0 Å². The molecule has 0 bridgehead atoms. The molecule has 0 aromatic rings. The van der Waals surface area contributed by atoms with Crippen molar-refractivity contribution in [2.24, 2.45) is 0 Å². The van der Waals surface area contributed by atoms with E-state index < -0.39 is 24.4 Å². The van der Waals surface area contributed by atoms with E-state index in [0.29, 0.717) is 6.34 Å². The van der Waals surface area contributed by atoms with Gasteiger partial charge < -0.3 is 15.5 Å². The number of hydrogen-bond donors (Lipinski definition) is 4. The number of carboxylic acid groups (broad SMARTS) is 2. The van der Waals surface area contributed by atoms with Crippen molar-refractivity contribution in [3.05, 3.63) is 0 Å². The van der Waals surface area contributed by atoms with Crippen molar-refractivity contribution >= 4 is 18.3 Å². The fourth-order valence-electron chi connectivity index (χ4n) is 0.493. The highest BCUT2D eigenvalue weighted by atomic mass is 16.4. The minimum Gasteiger partial charge on any atom is -0.481 e. The molecule has 0 spiro atoms. The summed E-state index contributed by atoms with van der Waals surface area (Å²) in [6.45, 7) is 0. The molecule has 0 amide bonds. The van der Waals surface area contributed by atoms with E-state index in [1.165, 1.54) is 0 Å². The normalized spacial score (nSPS) is 11.6. The molecular weight excluding hydrogens is 152 g/mol. The molecule has 0 aliphatic carbocycles. The smallest absolute Gasteiger partial charge is 0.326 e. The zero-order valence-electron chi connectivity index (χ0n) is 5.57. The summed E-state index contributed by atoms with van der Waals surface area (Å²) in [5.41, 5.74) is 0. The van der Waals surface area contributed by atoms with Crippen LogP contribution in [-0.2, 0) is 9.59 Å². The standard InChI is InChI=1S/C5H8N2O4/c6-2-7-3(5(10)11)1-4(8)9/h2-3H,1H2,(H2,6,7)(H,8,9)(H,10,11). The summed E-state index contributed by atoms with van der Waals surface area (Å²) < 4.78 is 0. The van der Waals surface area contributed by atoms with Crippen LogP contribution in [0.25, 0.3) is 0 Å². The molecule has 0 aromatic carbocycles. The highest BCUT2D eigenvalue weighted by Gasteiger charge is 2.18. The van der Waals surface area contributed by atoms with Crippen LogP contribution in [0.1, 0.15) is 6.42 Å². The third-order valence-electron chi connectivity index (χ3n) is 0.961. The van der Waals surface area contributed by atoms with Crippen molar-refractivity contribution in [2.45, 2.75) is 12.5 Å². The van der Waals surface area contributed by atoms with E-state index in [4.69, 9.17) is 15.6 Å². The van der Waals surface area contributed by atoms with Crippen LogP contribution in [0.3, 0.4) is 0 Å². The molecule has 0 aliphatic rings. The molecule has 0 aromatic heterocycles. The fourth-order valence-corrected chi connectivity index (χ4v) is 0.493. The Kier molecular flexibility index (Phi) is 3.65. The van der Waals surface area contributed by atoms with Crippen molar-refractivity contribution in [1.82, 2.24) is 5.32 Å². The van der Waals surface area contributed by atoms with Gasteiger partial charge in [-0.3, -0.25) is 10.2 Å². The van der Waals surface area contributed by atoms with E-state index in [-0.39, 0.29) is 0 Å². The molecule has 0 radical (unpaired) electrons. The second-order valence-electron chi connectivity index (χ2n) is 1.80. The van der Waals surface area contributed by atoms with Crippen LogP contribution in [0, 0.1) is 5.41 Å². The number of hydrogen-bond acceptors (Lipinski definition) is 3. The Labute approximate surface area is 62.3 Å². The summed E-state index contributed by atoms with van der Waals surface area (Å²) in [5, 5.41) is 25.1. The Hall–Kier alpha value is -1.59. The van der Waals surface area contributed by atoms with E-state index >= 15 is 0 Å². The zero-order chi connectivity index (χ0) is 8.85. The molecule has 1 atom stereocenters. The summed E-state index contributed by atoms with van der Waals surface area (Å²) >= 11 is 0. The summed E-state index contributed by atoms with van der Waals surface area (Å²) in [5.74, 6) is -2.50. The van der Waals surface area contributed by atoms with E-state index in [2.05, 4.69) is 5.32 Å². The molecule has 6 nitrogen and oxygen atoms in total. The van der Waals surface area contributed by atoms with Crippen LogP contribution in [0.4, 0.5) is 0 Å². The zero-order valence-corrected chi connectivity index (χ0v) is 5.57. The second kappa shape index (κ2) is 4.26. The maximum Gasteiger partial charge on any atom is 0.326 e. The number of carboxylic acids is 2. The van der Waals surface area contributed by atoms with Crippen molar-refractivity contribution in [2.75, 3.05) is 0 Å². The van der Waals surface area contributed by atoms with E-state index in [1.807, 2.05) is 0 Å². The van der Waals surface area contributed by atoms with Gasteiger partial charge in [-0.05, 0) is 0 Å². The highest BCUT2D eigenvalue weighted by molar-refractivity contribution is 5.82. The molecule has 0 aliphatic heterocycles. The molecular formula is C5H8N2O4. The monoisotopic (exact) mass is 160 g/mol.